The summed E-state index contributed by atoms with van der Waals surface area (Å²) in [6.07, 6.45) is -3.96. The minimum absolute atomic E-state index is 0.196. The maximum absolute atomic E-state index is 13.2. The van der Waals surface area contributed by atoms with Crippen LogP contribution in [0.1, 0.15) is 25.0 Å². The zero-order valence-corrected chi connectivity index (χ0v) is 14.4. The zero-order valence-electron chi connectivity index (χ0n) is 14.4. The molecule has 1 saturated heterocycles. The fourth-order valence-electron chi connectivity index (χ4n) is 3.44. The molecule has 0 aliphatic carbocycles. The molecule has 2 aromatic carbocycles. The van der Waals surface area contributed by atoms with Gasteiger partial charge in [0.05, 0.1) is 17.8 Å². The van der Waals surface area contributed by atoms with Crippen LogP contribution >= 0.6 is 0 Å². The van der Waals surface area contributed by atoms with Gasteiger partial charge in [-0.1, -0.05) is 42.5 Å². The minimum atomic E-state index is -4.35. The van der Waals surface area contributed by atoms with E-state index in [2.05, 4.69) is 18.7 Å². The Balaban J connectivity index is 1.77. The number of alkyl halides is 3. The van der Waals surface area contributed by atoms with Gasteiger partial charge in [0.2, 0.25) is 0 Å². The molecule has 0 radical (unpaired) electrons. The largest absolute Gasteiger partial charge is 0.417 e. The average molecular weight is 349 g/mol. The quantitative estimate of drug-likeness (QED) is 0.775. The summed E-state index contributed by atoms with van der Waals surface area (Å²) in [4.78, 5) is 2.32. The molecule has 2 aromatic rings. The van der Waals surface area contributed by atoms with Gasteiger partial charge < -0.3 is 4.74 Å². The zero-order chi connectivity index (χ0) is 18.0. The topological polar surface area (TPSA) is 12.5 Å². The van der Waals surface area contributed by atoms with Crippen molar-refractivity contribution >= 4 is 0 Å². The summed E-state index contributed by atoms with van der Waals surface area (Å²) in [5.74, 6) is 0. The van der Waals surface area contributed by atoms with Crippen LogP contribution < -0.4 is 0 Å². The molecule has 0 amide bonds. The fourth-order valence-corrected chi connectivity index (χ4v) is 3.44. The first-order chi connectivity index (χ1) is 11.8. The Kier molecular flexibility index (Phi) is 5.16. The monoisotopic (exact) mass is 349 g/mol. The highest BCUT2D eigenvalue weighted by molar-refractivity contribution is 5.68. The summed E-state index contributed by atoms with van der Waals surface area (Å²) in [5, 5.41) is 0. The van der Waals surface area contributed by atoms with E-state index in [1.807, 2.05) is 12.1 Å². The molecule has 0 aromatic heterocycles. The standard InChI is InChI=1S/C20H22F3NO/c1-14-11-24(12-15(2)25-14)13-16-7-9-17(10-8-16)18-5-3-4-6-19(18)20(21,22)23/h3-10,14-15H,11-13H2,1-2H3. The summed E-state index contributed by atoms with van der Waals surface area (Å²) in [5.41, 5.74) is 1.30. The van der Waals surface area contributed by atoms with Crippen LogP contribution in [-0.2, 0) is 17.5 Å². The first-order valence-corrected chi connectivity index (χ1v) is 8.46. The molecule has 1 aliphatic heterocycles. The van der Waals surface area contributed by atoms with Crippen LogP contribution in [0.4, 0.5) is 13.2 Å². The number of rotatable bonds is 3. The van der Waals surface area contributed by atoms with E-state index < -0.39 is 11.7 Å². The molecule has 2 unspecified atom stereocenters. The molecule has 3 rings (SSSR count). The lowest BCUT2D eigenvalue weighted by Gasteiger charge is -2.35. The molecule has 2 nitrogen and oxygen atoms in total. The average Bonchev–Trinajstić information content (AvgIpc) is 2.54. The van der Waals surface area contributed by atoms with Crippen molar-refractivity contribution in [2.24, 2.45) is 0 Å². The van der Waals surface area contributed by atoms with E-state index in [1.54, 1.807) is 18.2 Å². The Labute approximate surface area is 146 Å². The second-order valence-electron chi connectivity index (χ2n) is 6.69. The van der Waals surface area contributed by atoms with E-state index in [0.717, 1.165) is 31.3 Å². The van der Waals surface area contributed by atoms with Gasteiger partial charge in [-0.25, -0.2) is 0 Å². The van der Waals surface area contributed by atoms with Crippen LogP contribution in [0, 0.1) is 0 Å². The normalized spacial score (nSPS) is 22.1. The van der Waals surface area contributed by atoms with Gasteiger partial charge in [-0.05, 0) is 36.6 Å². The molecule has 134 valence electrons. The van der Waals surface area contributed by atoms with Gasteiger partial charge in [0, 0.05) is 19.6 Å². The number of ether oxygens (including phenoxy) is 1. The van der Waals surface area contributed by atoms with Crippen LogP contribution in [0.2, 0.25) is 0 Å². The number of benzene rings is 2. The molecular weight excluding hydrogens is 327 g/mol. The van der Waals surface area contributed by atoms with Crippen molar-refractivity contribution in [2.45, 2.75) is 38.8 Å². The Morgan fingerprint density at radius 2 is 1.56 bits per heavy atom. The molecule has 0 saturated carbocycles. The lowest BCUT2D eigenvalue weighted by Crippen LogP contribution is -2.44. The van der Waals surface area contributed by atoms with Gasteiger partial charge in [-0.2, -0.15) is 13.2 Å². The maximum atomic E-state index is 13.2. The van der Waals surface area contributed by atoms with Crippen molar-refractivity contribution < 1.29 is 17.9 Å². The second kappa shape index (κ2) is 7.18. The molecule has 25 heavy (non-hydrogen) atoms. The molecular formula is C20H22F3NO. The fraction of sp³-hybridized carbons (Fsp3) is 0.400. The Hall–Kier alpha value is -1.85. The van der Waals surface area contributed by atoms with Crippen LogP contribution in [0.3, 0.4) is 0 Å². The minimum Gasteiger partial charge on any atom is -0.373 e. The van der Waals surface area contributed by atoms with Crippen LogP contribution in [-0.4, -0.2) is 30.2 Å². The van der Waals surface area contributed by atoms with Crippen LogP contribution in [0.15, 0.2) is 48.5 Å². The molecule has 1 aliphatic rings. The van der Waals surface area contributed by atoms with E-state index in [0.29, 0.717) is 5.56 Å². The third-order valence-electron chi connectivity index (χ3n) is 4.40. The Morgan fingerprint density at radius 1 is 0.960 bits per heavy atom. The third-order valence-corrected chi connectivity index (χ3v) is 4.40. The summed E-state index contributed by atoms with van der Waals surface area (Å²) in [6.45, 7) is 6.62. The van der Waals surface area contributed by atoms with Crippen LogP contribution in [0.5, 0.6) is 0 Å². The van der Waals surface area contributed by atoms with Crippen molar-refractivity contribution in [3.05, 3.63) is 59.7 Å². The first kappa shape index (κ1) is 18.0. The van der Waals surface area contributed by atoms with E-state index in [1.165, 1.54) is 12.1 Å². The first-order valence-electron chi connectivity index (χ1n) is 8.46. The van der Waals surface area contributed by atoms with E-state index >= 15 is 0 Å². The highest BCUT2D eigenvalue weighted by Gasteiger charge is 2.33. The van der Waals surface area contributed by atoms with Gasteiger partial charge in [-0.3, -0.25) is 4.90 Å². The lowest BCUT2D eigenvalue weighted by molar-refractivity contribution is -0.137. The molecule has 5 heteroatoms. The van der Waals surface area contributed by atoms with Gasteiger partial charge in [-0.15, -0.1) is 0 Å². The van der Waals surface area contributed by atoms with Crippen molar-refractivity contribution in [3.8, 4) is 11.1 Å². The Morgan fingerprint density at radius 3 is 2.16 bits per heavy atom. The molecule has 0 N–H and O–H groups in total. The maximum Gasteiger partial charge on any atom is 0.417 e. The number of nitrogens with zero attached hydrogens (tertiary/aromatic N) is 1. The smallest absolute Gasteiger partial charge is 0.373 e. The molecule has 2 atom stereocenters. The van der Waals surface area contributed by atoms with Gasteiger partial charge >= 0.3 is 6.18 Å². The number of halogens is 3. The van der Waals surface area contributed by atoms with E-state index in [4.69, 9.17) is 4.74 Å². The number of hydrogen-bond donors (Lipinski definition) is 0. The molecule has 0 spiro atoms. The van der Waals surface area contributed by atoms with Gasteiger partial charge in [0.25, 0.3) is 0 Å². The summed E-state index contributed by atoms with van der Waals surface area (Å²) in [6, 6.07) is 13.1. The van der Waals surface area contributed by atoms with Crippen molar-refractivity contribution in [1.29, 1.82) is 0 Å². The molecule has 1 fully saturated rings. The Bertz CT molecular complexity index is 702. The lowest BCUT2D eigenvalue weighted by atomic mass is 9.98. The summed E-state index contributed by atoms with van der Waals surface area (Å²) in [7, 11) is 0. The van der Waals surface area contributed by atoms with Crippen LogP contribution in [0.25, 0.3) is 11.1 Å². The third kappa shape index (κ3) is 4.41. The SMILES string of the molecule is CC1CN(Cc2ccc(-c3ccccc3C(F)(F)F)cc2)CC(C)O1. The molecule has 1 heterocycles. The van der Waals surface area contributed by atoms with Crippen molar-refractivity contribution in [2.75, 3.05) is 13.1 Å². The number of hydrogen-bond acceptors (Lipinski definition) is 2. The summed E-state index contributed by atoms with van der Waals surface area (Å²) >= 11 is 0. The van der Waals surface area contributed by atoms with Crippen molar-refractivity contribution in [1.82, 2.24) is 4.90 Å². The highest BCUT2D eigenvalue weighted by atomic mass is 19.4. The number of morpholine rings is 1. The highest BCUT2D eigenvalue weighted by Crippen LogP contribution is 2.36. The second-order valence-corrected chi connectivity index (χ2v) is 6.69. The van der Waals surface area contributed by atoms with Gasteiger partial charge in [0.1, 0.15) is 0 Å². The van der Waals surface area contributed by atoms with Crippen molar-refractivity contribution in [3.63, 3.8) is 0 Å². The predicted molar refractivity (Wildman–Crippen MR) is 92.2 cm³/mol. The molecule has 0 bridgehead atoms. The summed E-state index contributed by atoms with van der Waals surface area (Å²) < 4.78 is 45.3. The van der Waals surface area contributed by atoms with E-state index in [9.17, 15) is 13.2 Å². The van der Waals surface area contributed by atoms with Gasteiger partial charge in [0.15, 0.2) is 0 Å². The predicted octanol–water partition coefficient (Wildman–Crippen LogP) is 4.98. The van der Waals surface area contributed by atoms with E-state index in [-0.39, 0.29) is 17.8 Å².